The molecule has 1 unspecified atom stereocenters. The quantitative estimate of drug-likeness (QED) is 0.697. The standard InChI is InChI=1S/C24H27N5O2S/c1-16-13-18(15-27-21(16)14-25)28-22(30)24(9-2-10-24)29(23(28)32)17-3-5-19(6-4-17)31-20-7-11-26-12-8-20/h3-6,13,15,20,23,26,32H,2,7-12H2,1H3. The van der Waals surface area contributed by atoms with E-state index in [9.17, 15) is 10.1 Å². The van der Waals surface area contributed by atoms with Crippen molar-refractivity contribution in [1.82, 2.24) is 10.3 Å². The molecule has 1 saturated carbocycles. The Morgan fingerprint density at radius 1 is 1.22 bits per heavy atom. The van der Waals surface area contributed by atoms with Crippen LogP contribution in [0.15, 0.2) is 36.5 Å². The van der Waals surface area contributed by atoms with E-state index < -0.39 is 11.0 Å². The van der Waals surface area contributed by atoms with Gasteiger partial charge in [-0.2, -0.15) is 5.26 Å². The maximum Gasteiger partial charge on any atom is 0.255 e. The lowest BCUT2D eigenvalue weighted by Crippen LogP contribution is -2.55. The number of nitrogens with one attached hydrogen (secondary N) is 1. The first-order valence-electron chi connectivity index (χ1n) is 11.2. The van der Waals surface area contributed by atoms with E-state index in [1.807, 2.05) is 37.3 Å². The van der Waals surface area contributed by atoms with Crippen LogP contribution in [-0.2, 0) is 4.79 Å². The van der Waals surface area contributed by atoms with Gasteiger partial charge in [-0.1, -0.05) is 0 Å². The first-order valence-corrected chi connectivity index (χ1v) is 11.7. The topological polar surface area (TPSA) is 81.5 Å². The lowest BCUT2D eigenvalue weighted by molar-refractivity contribution is -0.124. The Morgan fingerprint density at radius 3 is 2.53 bits per heavy atom. The number of ether oxygens (including phenoxy) is 1. The van der Waals surface area contributed by atoms with Gasteiger partial charge in [0.2, 0.25) is 0 Å². The maximum atomic E-state index is 13.6. The van der Waals surface area contributed by atoms with Crippen LogP contribution >= 0.6 is 12.6 Å². The normalized spacial score (nSPS) is 22.7. The number of carbonyl (C=O) groups excluding carboxylic acids is 1. The number of rotatable bonds is 4. The third-order valence-corrected chi connectivity index (χ3v) is 7.33. The molecule has 1 aromatic heterocycles. The molecule has 2 aromatic rings. The molecule has 32 heavy (non-hydrogen) atoms. The lowest BCUT2D eigenvalue weighted by atomic mass is 9.75. The van der Waals surface area contributed by atoms with E-state index in [0.29, 0.717) is 11.4 Å². The summed E-state index contributed by atoms with van der Waals surface area (Å²) < 4.78 is 6.15. The van der Waals surface area contributed by atoms with Gasteiger partial charge in [-0.15, -0.1) is 12.6 Å². The fourth-order valence-electron chi connectivity index (χ4n) is 4.97. The summed E-state index contributed by atoms with van der Waals surface area (Å²) in [6.07, 6.45) is 6.48. The van der Waals surface area contributed by atoms with Crippen LogP contribution < -0.4 is 19.9 Å². The van der Waals surface area contributed by atoms with E-state index in [4.69, 9.17) is 17.4 Å². The number of aromatic nitrogens is 1. The molecule has 0 bridgehead atoms. The largest absolute Gasteiger partial charge is 0.490 e. The molecule has 5 rings (SSSR count). The van der Waals surface area contributed by atoms with Crippen molar-refractivity contribution in [3.63, 3.8) is 0 Å². The van der Waals surface area contributed by atoms with Crippen LogP contribution in [0, 0.1) is 18.3 Å². The van der Waals surface area contributed by atoms with Crippen LogP contribution in [0.5, 0.6) is 5.75 Å². The summed E-state index contributed by atoms with van der Waals surface area (Å²) in [7, 11) is 0. The highest BCUT2D eigenvalue weighted by Gasteiger charge is 2.60. The van der Waals surface area contributed by atoms with Gasteiger partial charge in [0.1, 0.15) is 29.2 Å². The summed E-state index contributed by atoms with van der Waals surface area (Å²) in [4.78, 5) is 21.7. The van der Waals surface area contributed by atoms with Gasteiger partial charge in [0.25, 0.3) is 5.91 Å². The monoisotopic (exact) mass is 449 g/mol. The molecule has 1 spiro atoms. The second-order valence-electron chi connectivity index (χ2n) is 8.81. The number of piperidine rings is 1. The highest BCUT2D eigenvalue weighted by Crippen LogP contribution is 2.50. The van der Waals surface area contributed by atoms with Gasteiger partial charge in [0.05, 0.1) is 11.9 Å². The minimum atomic E-state index is -0.578. The highest BCUT2D eigenvalue weighted by molar-refractivity contribution is 7.81. The second kappa shape index (κ2) is 8.30. The van der Waals surface area contributed by atoms with Crippen molar-refractivity contribution in [3.8, 4) is 11.8 Å². The van der Waals surface area contributed by atoms with Gasteiger partial charge in [0, 0.05) is 5.69 Å². The second-order valence-corrected chi connectivity index (χ2v) is 9.27. The molecule has 3 heterocycles. The molecule has 8 heteroatoms. The Bertz CT molecular complexity index is 1060. The van der Waals surface area contributed by atoms with Crippen molar-refractivity contribution in [2.24, 2.45) is 0 Å². The van der Waals surface area contributed by atoms with E-state index in [-0.39, 0.29) is 12.0 Å². The minimum Gasteiger partial charge on any atom is -0.490 e. The Labute approximate surface area is 193 Å². The summed E-state index contributed by atoms with van der Waals surface area (Å²) in [6, 6.07) is 12.0. The number of hydrogen-bond acceptors (Lipinski definition) is 7. The number of anilines is 2. The molecule has 1 atom stereocenters. The van der Waals surface area contributed by atoms with E-state index in [0.717, 1.165) is 62.2 Å². The van der Waals surface area contributed by atoms with Crippen molar-refractivity contribution < 1.29 is 9.53 Å². The zero-order chi connectivity index (χ0) is 22.3. The number of benzene rings is 1. The average Bonchev–Trinajstić information content (AvgIpc) is 3.02. The number of hydrogen-bond donors (Lipinski definition) is 2. The van der Waals surface area contributed by atoms with E-state index in [1.54, 1.807) is 11.1 Å². The van der Waals surface area contributed by atoms with Gasteiger partial charge in [-0.05, 0) is 88.0 Å². The van der Waals surface area contributed by atoms with E-state index in [1.165, 1.54) is 0 Å². The number of nitriles is 1. The molecule has 7 nitrogen and oxygen atoms in total. The van der Waals surface area contributed by atoms with Crippen LogP contribution in [0.1, 0.15) is 43.4 Å². The summed E-state index contributed by atoms with van der Waals surface area (Å²) in [5, 5.41) is 12.5. The molecule has 0 radical (unpaired) electrons. The summed E-state index contributed by atoms with van der Waals surface area (Å²) in [5.74, 6) is 0.901. The van der Waals surface area contributed by atoms with Crippen LogP contribution in [0.25, 0.3) is 0 Å². The van der Waals surface area contributed by atoms with Gasteiger partial charge < -0.3 is 15.0 Å². The van der Waals surface area contributed by atoms with Gasteiger partial charge in [-0.25, -0.2) is 4.98 Å². The number of thiol groups is 1. The predicted octanol–water partition coefficient (Wildman–Crippen LogP) is 3.38. The molecule has 3 aliphatic rings. The van der Waals surface area contributed by atoms with Crippen LogP contribution in [0.4, 0.5) is 11.4 Å². The SMILES string of the molecule is Cc1cc(N2C(=O)C3(CCC3)N(c3ccc(OC4CCNCC4)cc3)C2S)cnc1C#N. The zero-order valence-corrected chi connectivity index (χ0v) is 19.0. The van der Waals surface area contributed by atoms with Gasteiger partial charge in [-0.3, -0.25) is 9.69 Å². The lowest BCUT2D eigenvalue weighted by Gasteiger charge is -2.44. The Hall–Kier alpha value is -2.76. The molecule has 2 saturated heterocycles. The predicted molar refractivity (Wildman–Crippen MR) is 126 cm³/mol. The smallest absolute Gasteiger partial charge is 0.255 e. The van der Waals surface area contributed by atoms with E-state index in [2.05, 4.69) is 21.3 Å². The summed E-state index contributed by atoms with van der Waals surface area (Å²) in [6.45, 7) is 3.81. The molecule has 1 N–H and O–H groups in total. The number of amides is 1. The number of aryl methyl sites for hydroxylation is 1. The Morgan fingerprint density at radius 2 is 1.94 bits per heavy atom. The first kappa shape index (κ1) is 21.1. The fourth-order valence-corrected chi connectivity index (χ4v) is 5.56. The molecule has 2 aliphatic heterocycles. The molecule has 1 amide bonds. The van der Waals surface area contributed by atoms with Gasteiger partial charge >= 0.3 is 0 Å². The Balaban J connectivity index is 1.42. The number of pyridine rings is 1. The van der Waals surface area contributed by atoms with Crippen molar-refractivity contribution in [1.29, 1.82) is 5.26 Å². The molecule has 1 aliphatic carbocycles. The fraction of sp³-hybridized carbons (Fsp3) is 0.458. The van der Waals surface area contributed by atoms with Crippen molar-refractivity contribution >= 4 is 29.9 Å². The van der Waals surface area contributed by atoms with Crippen molar-refractivity contribution in [3.05, 3.63) is 47.8 Å². The number of nitrogens with zero attached hydrogens (tertiary/aromatic N) is 4. The molecular weight excluding hydrogens is 422 g/mol. The first-order chi connectivity index (χ1) is 15.5. The molecule has 166 valence electrons. The zero-order valence-electron chi connectivity index (χ0n) is 18.1. The van der Waals surface area contributed by atoms with Crippen LogP contribution in [0.3, 0.4) is 0 Å². The highest BCUT2D eigenvalue weighted by atomic mass is 32.1. The third-order valence-electron chi connectivity index (χ3n) is 6.87. The molecular formula is C24H27N5O2S. The molecule has 3 fully saturated rings. The van der Waals surface area contributed by atoms with Crippen molar-refractivity contribution in [2.45, 2.75) is 56.2 Å². The maximum absolute atomic E-state index is 13.6. The summed E-state index contributed by atoms with van der Waals surface area (Å²) in [5.41, 5.74) is 1.72. The average molecular weight is 450 g/mol. The Kier molecular flexibility index (Phi) is 5.48. The van der Waals surface area contributed by atoms with E-state index >= 15 is 0 Å². The summed E-state index contributed by atoms with van der Waals surface area (Å²) >= 11 is 4.88. The minimum absolute atomic E-state index is 0.0460. The van der Waals surface area contributed by atoms with Crippen LogP contribution in [-0.4, -0.2) is 41.1 Å². The van der Waals surface area contributed by atoms with Crippen molar-refractivity contribution in [2.75, 3.05) is 22.9 Å². The van der Waals surface area contributed by atoms with Gasteiger partial charge in [0.15, 0.2) is 5.50 Å². The molecule has 1 aromatic carbocycles. The van der Waals surface area contributed by atoms with Crippen LogP contribution in [0.2, 0.25) is 0 Å². The third kappa shape index (κ3) is 3.40. The number of carbonyl (C=O) groups is 1.